The first-order chi connectivity index (χ1) is 14.5. The Bertz CT molecular complexity index is 868. The molecule has 0 saturated carbocycles. The standard InChI is InChI=1S/C21H28N6O3/c1-2-23-20-17(16(19(22)30)12-18(28)29)13-24-21(25-20)27-10-8-26(9-11-27)14-15-6-4-3-5-7-15/h3-7,13,16H,2,8-12,14H2,1H3,(H2,22,30)(H,28,29)(H,23,24,25). The molecule has 1 aliphatic rings. The first-order valence-corrected chi connectivity index (χ1v) is 10.1. The summed E-state index contributed by atoms with van der Waals surface area (Å²) in [6, 6.07) is 10.4. The van der Waals surface area contributed by atoms with Crippen LogP contribution in [0.15, 0.2) is 36.5 Å². The zero-order chi connectivity index (χ0) is 21.5. The van der Waals surface area contributed by atoms with E-state index < -0.39 is 24.2 Å². The Labute approximate surface area is 175 Å². The Hall–Kier alpha value is -3.20. The summed E-state index contributed by atoms with van der Waals surface area (Å²) in [5, 5.41) is 12.2. The van der Waals surface area contributed by atoms with Crippen molar-refractivity contribution >= 4 is 23.6 Å². The molecule has 160 valence electrons. The van der Waals surface area contributed by atoms with Gasteiger partial charge in [-0.2, -0.15) is 4.98 Å². The second-order valence-electron chi connectivity index (χ2n) is 7.31. The summed E-state index contributed by atoms with van der Waals surface area (Å²) >= 11 is 0. The molecule has 1 amide bonds. The number of anilines is 2. The van der Waals surface area contributed by atoms with Crippen LogP contribution in [0.4, 0.5) is 11.8 Å². The van der Waals surface area contributed by atoms with E-state index in [9.17, 15) is 9.59 Å². The van der Waals surface area contributed by atoms with Crippen molar-refractivity contribution in [1.82, 2.24) is 14.9 Å². The number of hydrogen-bond acceptors (Lipinski definition) is 7. The van der Waals surface area contributed by atoms with Gasteiger partial charge in [-0.1, -0.05) is 30.3 Å². The van der Waals surface area contributed by atoms with Gasteiger partial charge in [-0.15, -0.1) is 0 Å². The maximum absolute atomic E-state index is 11.8. The van der Waals surface area contributed by atoms with Crippen molar-refractivity contribution in [3.05, 3.63) is 47.7 Å². The summed E-state index contributed by atoms with van der Waals surface area (Å²) in [7, 11) is 0. The molecule has 1 saturated heterocycles. The van der Waals surface area contributed by atoms with Crippen molar-refractivity contribution in [2.75, 3.05) is 42.9 Å². The summed E-state index contributed by atoms with van der Waals surface area (Å²) in [4.78, 5) is 36.5. The van der Waals surface area contributed by atoms with Crippen LogP contribution in [0.1, 0.15) is 30.4 Å². The summed E-state index contributed by atoms with van der Waals surface area (Å²) in [6.45, 7) is 6.74. The Balaban J connectivity index is 1.71. The van der Waals surface area contributed by atoms with Crippen LogP contribution in [0.5, 0.6) is 0 Å². The molecule has 2 heterocycles. The fraction of sp³-hybridized carbons (Fsp3) is 0.429. The van der Waals surface area contributed by atoms with Crippen LogP contribution in [0.25, 0.3) is 0 Å². The molecule has 1 fully saturated rings. The first-order valence-electron chi connectivity index (χ1n) is 10.1. The molecule has 0 radical (unpaired) electrons. The van der Waals surface area contributed by atoms with E-state index in [4.69, 9.17) is 10.8 Å². The highest BCUT2D eigenvalue weighted by atomic mass is 16.4. The SMILES string of the molecule is CCNc1nc(N2CCN(Cc3ccccc3)CC2)ncc1C(CC(=O)O)C(N)=O. The van der Waals surface area contributed by atoms with E-state index in [1.54, 1.807) is 0 Å². The molecule has 1 unspecified atom stereocenters. The molecular weight excluding hydrogens is 384 g/mol. The first kappa shape index (κ1) is 21.5. The molecule has 1 aromatic carbocycles. The molecule has 9 nitrogen and oxygen atoms in total. The second kappa shape index (κ2) is 10.0. The van der Waals surface area contributed by atoms with Gasteiger partial charge in [-0.3, -0.25) is 14.5 Å². The van der Waals surface area contributed by atoms with Gasteiger partial charge in [0.15, 0.2) is 0 Å². The molecule has 0 bridgehead atoms. The van der Waals surface area contributed by atoms with Crippen LogP contribution in [0.3, 0.4) is 0 Å². The zero-order valence-corrected chi connectivity index (χ0v) is 17.1. The molecule has 0 aliphatic carbocycles. The Morgan fingerprint density at radius 1 is 1.20 bits per heavy atom. The van der Waals surface area contributed by atoms with Gasteiger partial charge in [0.05, 0.1) is 12.3 Å². The maximum atomic E-state index is 11.8. The Kier molecular flexibility index (Phi) is 7.18. The van der Waals surface area contributed by atoms with E-state index in [2.05, 4.69) is 37.2 Å². The second-order valence-corrected chi connectivity index (χ2v) is 7.31. The van der Waals surface area contributed by atoms with Crippen LogP contribution in [0, 0.1) is 0 Å². The van der Waals surface area contributed by atoms with E-state index in [-0.39, 0.29) is 0 Å². The van der Waals surface area contributed by atoms with Gasteiger partial charge in [0, 0.05) is 51.0 Å². The number of amides is 1. The van der Waals surface area contributed by atoms with Gasteiger partial charge in [0.1, 0.15) is 5.82 Å². The van der Waals surface area contributed by atoms with Crippen LogP contribution in [-0.4, -0.2) is 64.6 Å². The highest BCUT2D eigenvalue weighted by Crippen LogP contribution is 2.27. The monoisotopic (exact) mass is 412 g/mol. The fourth-order valence-corrected chi connectivity index (χ4v) is 3.58. The van der Waals surface area contributed by atoms with Gasteiger partial charge in [-0.25, -0.2) is 4.98 Å². The number of nitrogens with two attached hydrogens (primary N) is 1. The number of hydrogen-bond donors (Lipinski definition) is 3. The number of benzene rings is 1. The van der Waals surface area contributed by atoms with E-state index in [0.29, 0.717) is 23.9 Å². The van der Waals surface area contributed by atoms with Gasteiger partial charge in [-0.05, 0) is 12.5 Å². The topological polar surface area (TPSA) is 125 Å². The molecule has 0 spiro atoms. The number of piperazine rings is 1. The number of carboxylic acid groups (broad SMARTS) is 1. The molecule has 3 rings (SSSR count). The van der Waals surface area contributed by atoms with Gasteiger partial charge in [0.2, 0.25) is 11.9 Å². The number of carbonyl (C=O) groups is 2. The summed E-state index contributed by atoms with van der Waals surface area (Å²) in [6.07, 6.45) is 1.13. The molecule has 2 aromatic rings. The van der Waals surface area contributed by atoms with Crippen molar-refractivity contribution in [3.8, 4) is 0 Å². The smallest absolute Gasteiger partial charge is 0.304 e. The van der Waals surface area contributed by atoms with Crippen LogP contribution in [0.2, 0.25) is 0 Å². The number of carbonyl (C=O) groups excluding carboxylic acids is 1. The Morgan fingerprint density at radius 2 is 1.90 bits per heavy atom. The molecule has 1 atom stereocenters. The van der Waals surface area contributed by atoms with Crippen molar-refractivity contribution < 1.29 is 14.7 Å². The van der Waals surface area contributed by atoms with Gasteiger partial charge >= 0.3 is 5.97 Å². The minimum Gasteiger partial charge on any atom is -0.481 e. The van der Waals surface area contributed by atoms with Crippen LogP contribution >= 0.6 is 0 Å². The minimum atomic E-state index is -1.10. The van der Waals surface area contributed by atoms with E-state index in [1.165, 1.54) is 11.8 Å². The molecule has 1 aromatic heterocycles. The van der Waals surface area contributed by atoms with E-state index in [0.717, 1.165) is 32.7 Å². The van der Waals surface area contributed by atoms with Gasteiger partial charge < -0.3 is 21.1 Å². The third-order valence-electron chi connectivity index (χ3n) is 5.15. The third-order valence-corrected chi connectivity index (χ3v) is 5.15. The molecule has 4 N–H and O–H groups in total. The zero-order valence-electron chi connectivity index (χ0n) is 17.1. The average Bonchev–Trinajstić information content (AvgIpc) is 2.73. The average molecular weight is 412 g/mol. The summed E-state index contributed by atoms with van der Waals surface area (Å²) in [5.74, 6) is -1.76. The van der Waals surface area contributed by atoms with Crippen LogP contribution in [-0.2, 0) is 16.1 Å². The van der Waals surface area contributed by atoms with E-state index >= 15 is 0 Å². The number of nitrogens with one attached hydrogen (secondary N) is 1. The normalized spacial score (nSPS) is 15.6. The van der Waals surface area contributed by atoms with Gasteiger partial charge in [0.25, 0.3) is 0 Å². The molecule has 1 aliphatic heterocycles. The molecule has 9 heteroatoms. The maximum Gasteiger partial charge on any atom is 0.304 e. The highest BCUT2D eigenvalue weighted by Gasteiger charge is 2.27. The van der Waals surface area contributed by atoms with Crippen molar-refractivity contribution in [2.24, 2.45) is 5.73 Å². The van der Waals surface area contributed by atoms with E-state index in [1.807, 2.05) is 25.1 Å². The molecular formula is C21H28N6O3. The Morgan fingerprint density at radius 3 is 2.50 bits per heavy atom. The number of carboxylic acids is 1. The quantitative estimate of drug-likeness (QED) is 0.562. The third kappa shape index (κ3) is 5.44. The summed E-state index contributed by atoms with van der Waals surface area (Å²) in [5.41, 5.74) is 7.14. The predicted molar refractivity (Wildman–Crippen MR) is 114 cm³/mol. The highest BCUT2D eigenvalue weighted by molar-refractivity contribution is 5.87. The van der Waals surface area contributed by atoms with Crippen molar-refractivity contribution in [3.63, 3.8) is 0 Å². The number of aromatic nitrogens is 2. The lowest BCUT2D eigenvalue weighted by Gasteiger charge is -2.35. The summed E-state index contributed by atoms with van der Waals surface area (Å²) < 4.78 is 0. The number of aliphatic carboxylic acids is 1. The van der Waals surface area contributed by atoms with Crippen molar-refractivity contribution in [2.45, 2.75) is 25.8 Å². The fourth-order valence-electron chi connectivity index (χ4n) is 3.58. The predicted octanol–water partition coefficient (Wildman–Crippen LogP) is 1.27. The largest absolute Gasteiger partial charge is 0.481 e. The number of primary amides is 1. The van der Waals surface area contributed by atoms with Crippen molar-refractivity contribution in [1.29, 1.82) is 0 Å². The van der Waals surface area contributed by atoms with Crippen LogP contribution < -0.4 is 16.0 Å². The number of rotatable bonds is 9. The number of nitrogens with zero attached hydrogens (tertiary/aromatic N) is 4. The lowest BCUT2D eigenvalue weighted by Crippen LogP contribution is -2.46. The minimum absolute atomic E-state index is 0.394. The lowest BCUT2D eigenvalue weighted by atomic mass is 9.96. The lowest BCUT2D eigenvalue weighted by molar-refractivity contribution is -0.139. The molecule has 30 heavy (non-hydrogen) atoms.